The van der Waals surface area contributed by atoms with E-state index in [1.165, 1.54) is 18.2 Å². The molecule has 2 rings (SSSR count). The number of benzene rings is 2. The zero-order chi connectivity index (χ0) is 17.1. The predicted molar refractivity (Wildman–Crippen MR) is 84.2 cm³/mol. The van der Waals surface area contributed by atoms with Crippen LogP contribution in [0.1, 0.15) is 11.1 Å². The van der Waals surface area contributed by atoms with Crippen molar-refractivity contribution in [3.05, 3.63) is 59.7 Å². The molecule has 0 saturated heterocycles. The Morgan fingerprint density at radius 1 is 0.913 bits per heavy atom. The fourth-order valence-electron chi connectivity index (χ4n) is 1.96. The minimum atomic E-state index is -3.99. The van der Waals surface area contributed by atoms with Gasteiger partial charge in [-0.2, -0.15) is 0 Å². The quantitative estimate of drug-likeness (QED) is 0.686. The van der Waals surface area contributed by atoms with Crippen LogP contribution in [0.5, 0.6) is 0 Å². The number of hydrogen-bond acceptors (Lipinski definition) is 5. The lowest BCUT2D eigenvalue weighted by molar-refractivity contribution is 0.280. The van der Waals surface area contributed by atoms with Gasteiger partial charge < -0.3 is 5.11 Å². The van der Waals surface area contributed by atoms with Crippen molar-refractivity contribution in [1.29, 1.82) is 0 Å². The Kier molecular flexibility index (Phi) is 5.17. The van der Waals surface area contributed by atoms with Gasteiger partial charge in [-0.25, -0.2) is 26.7 Å². The first kappa shape index (κ1) is 17.6. The summed E-state index contributed by atoms with van der Waals surface area (Å²) >= 11 is 0. The molecule has 7 nitrogen and oxygen atoms in total. The van der Waals surface area contributed by atoms with Gasteiger partial charge >= 0.3 is 0 Å². The molecule has 0 spiro atoms. The Hall–Kier alpha value is -1.78. The smallest absolute Gasteiger partial charge is 0.240 e. The van der Waals surface area contributed by atoms with Crippen LogP contribution in [0.2, 0.25) is 0 Å². The minimum absolute atomic E-state index is 0.0291. The van der Waals surface area contributed by atoms with E-state index in [-0.39, 0.29) is 22.9 Å². The molecule has 0 saturated carbocycles. The second-order valence-corrected chi connectivity index (χ2v) is 8.10. The summed E-state index contributed by atoms with van der Waals surface area (Å²) < 4.78 is 49.5. The fraction of sp³-hybridized carbons (Fsp3) is 0.143. The molecular weight excluding hydrogens is 340 g/mol. The van der Waals surface area contributed by atoms with Crippen molar-refractivity contribution in [2.24, 2.45) is 5.14 Å². The van der Waals surface area contributed by atoms with Gasteiger partial charge in [0.2, 0.25) is 20.0 Å². The Balaban J connectivity index is 2.26. The van der Waals surface area contributed by atoms with E-state index in [9.17, 15) is 21.9 Å². The molecule has 2 aromatic carbocycles. The maximum absolute atomic E-state index is 12.3. The molecule has 0 aliphatic rings. The molecule has 0 aliphatic carbocycles. The van der Waals surface area contributed by atoms with Gasteiger partial charge in [-0.3, -0.25) is 0 Å². The lowest BCUT2D eigenvalue weighted by atomic mass is 10.1. The highest BCUT2D eigenvalue weighted by molar-refractivity contribution is 7.90. The zero-order valence-corrected chi connectivity index (χ0v) is 13.6. The van der Waals surface area contributed by atoms with E-state index in [0.717, 1.165) is 6.07 Å². The van der Waals surface area contributed by atoms with Crippen LogP contribution in [0.25, 0.3) is 0 Å². The fourth-order valence-corrected chi connectivity index (χ4v) is 3.64. The molecule has 0 atom stereocenters. The molecule has 0 fully saturated rings. The van der Waals surface area contributed by atoms with E-state index < -0.39 is 20.0 Å². The summed E-state index contributed by atoms with van der Waals surface area (Å²) in [5.41, 5.74) is 1.23. The van der Waals surface area contributed by atoms with Gasteiger partial charge in [-0.05, 0) is 29.3 Å². The third kappa shape index (κ3) is 4.36. The first-order valence-electron chi connectivity index (χ1n) is 6.54. The number of aliphatic hydroxyl groups excluding tert-OH is 1. The van der Waals surface area contributed by atoms with Crippen LogP contribution in [-0.2, 0) is 33.2 Å². The van der Waals surface area contributed by atoms with E-state index in [4.69, 9.17) is 5.14 Å². The highest BCUT2D eigenvalue weighted by Crippen LogP contribution is 2.16. The lowest BCUT2D eigenvalue weighted by Crippen LogP contribution is -2.24. The highest BCUT2D eigenvalue weighted by atomic mass is 32.2. The number of aliphatic hydroxyl groups is 1. The Morgan fingerprint density at radius 2 is 1.52 bits per heavy atom. The SMILES string of the molecule is NS(=O)(=O)c1cccc(S(=O)(=O)NCc2ccccc2CO)c1. The van der Waals surface area contributed by atoms with Crippen LogP contribution in [0.4, 0.5) is 0 Å². The van der Waals surface area contributed by atoms with Crippen molar-refractivity contribution in [1.82, 2.24) is 4.72 Å². The summed E-state index contributed by atoms with van der Waals surface area (Å²) in [5.74, 6) is 0. The van der Waals surface area contributed by atoms with E-state index in [1.807, 2.05) is 0 Å². The average Bonchev–Trinajstić information content (AvgIpc) is 2.52. The van der Waals surface area contributed by atoms with E-state index in [1.54, 1.807) is 24.3 Å². The number of nitrogens with one attached hydrogen (secondary N) is 1. The molecule has 124 valence electrons. The Bertz CT molecular complexity index is 908. The maximum Gasteiger partial charge on any atom is 0.240 e. The monoisotopic (exact) mass is 356 g/mol. The molecule has 0 bridgehead atoms. The minimum Gasteiger partial charge on any atom is -0.392 e. The molecule has 0 amide bonds. The summed E-state index contributed by atoms with van der Waals surface area (Å²) in [4.78, 5) is -0.485. The normalized spacial score (nSPS) is 12.3. The third-order valence-electron chi connectivity index (χ3n) is 3.19. The average molecular weight is 356 g/mol. The van der Waals surface area contributed by atoms with Crippen LogP contribution < -0.4 is 9.86 Å². The molecule has 9 heteroatoms. The van der Waals surface area contributed by atoms with E-state index in [2.05, 4.69) is 4.72 Å². The van der Waals surface area contributed by atoms with Crippen molar-refractivity contribution in [3.8, 4) is 0 Å². The van der Waals surface area contributed by atoms with Gasteiger partial charge in [-0.1, -0.05) is 30.3 Å². The summed E-state index contributed by atoms with van der Waals surface area (Å²) in [6.07, 6.45) is 0. The summed E-state index contributed by atoms with van der Waals surface area (Å²) in [5, 5.41) is 14.2. The maximum atomic E-state index is 12.3. The molecule has 2 aromatic rings. The second kappa shape index (κ2) is 6.77. The lowest BCUT2D eigenvalue weighted by Gasteiger charge is -2.10. The standard InChI is InChI=1S/C14H16N2O5S2/c15-22(18,19)13-6-3-7-14(8-13)23(20,21)16-9-11-4-1-2-5-12(11)10-17/h1-8,16-17H,9-10H2,(H2,15,18,19). The van der Waals surface area contributed by atoms with Crippen LogP contribution in [0.15, 0.2) is 58.3 Å². The predicted octanol–water partition coefficient (Wildman–Crippen LogP) is 0.305. The third-order valence-corrected chi connectivity index (χ3v) is 5.50. The molecule has 0 aromatic heterocycles. The first-order chi connectivity index (χ1) is 10.7. The Labute approximate surface area is 134 Å². The van der Waals surface area contributed by atoms with Gasteiger partial charge in [0.25, 0.3) is 0 Å². The molecule has 0 aliphatic heterocycles. The van der Waals surface area contributed by atoms with Crippen molar-refractivity contribution >= 4 is 20.0 Å². The van der Waals surface area contributed by atoms with E-state index >= 15 is 0 Å². The van der Waals surface area contributed by atoms with Crippen LogP contribution in [-0.4, -0.2) is 21.9 Å². The summed E-state index contributed by atoms with van der Waals surface area (Å²) in [6.45, 7) is -0.239. The van der Waals surface area contributed by atoms with Crippen LogP contribution in [0, 0.1) is 0 Å². The number of rotatable bonds is 6. The number of nitrogens with two attached hydrogens (primary N) is 1. The van der Waals surface area contributed by atoms with Crippen LogP contribution in [0.3, 0.4) is 0 Å². The zero-order valence-electron chi connectivity index (χ0n) is 12.0. The van der Waals surface area contributed by atoms with Gasteiger partial charge in [-0.15, -0.1) is 0 Å². The molecule has 0 unspecified atom stereocenters. The largest absolute Gasteiger partial charge is 0.392 e. The number of primary sulfonamides is 1. The van der Waals surface area contributed by atoms with Crippen molar-refractivity contribution in [3.63, 3.8) is 0 Å². The summed E-state index contributed by atoms with van der Waals surface area (Å²) in [6, 6.07) is 11.6. The number of hydrogen-bond donors (Lipinski definition) is 3. The second-order valence-electron chi connectivity index (χ2n) is 4.77. The van der Waals surface area contributed by atoms with Gasteiger partial charge in [0, 0.05) is 6.54 Å². The van der Waals surface area contributed by atoms with Gasteiger partial charge in [0.05, 0.1) is 16.4 Å². The molecule has 23 heavy (non-hydrogen) atoms. The van der Waals surface area contributed by atoms with Crippen molar-refractivity contribution < 1.29 is 21.9 Å². The Morgan fingerprint density at radius 3 is 2.13 bits per heavy atom. The topological polar surface area (TPSA) is 127 Å². The first-order valence-corrected chi connectivity index (χ1v) is 9.57. The van der Waals surface area contributed by atoms with Gasteiger partial charge in [0.15, 0.2) is 0 Å². The van der Waals surface area contributed by atoms with Gasteiger partial charge in [0.1, 0.15) is 0 Å². The van der Waals surface area contributed by atoms with Crippen LogP contribution >= 0.6 is 0 Å². The number of sulfonamides is 2. The molecule has 0 radical (unpaired) electrons. The molecule has 0 heterocycles. The summed E-state index contributed by atoms with van der Waals surface area (Å²) in [7, 11) is -7.91. The molecular formula is C14H16N2O5S2. The highest BCUT2D eigenvalue weighted by Gasteiger charge is 2.17. The molecule has 4 N–H and O–H groups in total. The van der Waals surface area contributed by atoms with E-state index in [0.29, 0.717) is 11.1 Å². The van der Waals surface area contributed by atoms with Crippen molar-refractivity contribution in [2.45, 2.75) is 22.9 Å². The van der Waals surface area contributed by atoms with Crippen molar-refractivity contribution in [2.75, 3.05) is 0 Å².